The zero-order chi connectivity index (χ0) is 19.2. The van der Waals surface area contributed by atoms with Gasteiger partial charge in [0.15, 0.2) is 11.0 Å². The first-order valence-electron chi connectivity index (χ1n) is 8.28. The summed E-state index contributed by atoms with van der Waals surface area (Å²) in [5, 5.41) is 12.2. The third-order valence-electron chi connectivity index (χ3n) is 3.79. The van der Waals surface area contributed by atoms with E-state index in [1.165, 1.54) is 17.3 Å². The van der Waals surface area contributed by atoms with Crippen molar-refractivity contribution in [2.75, 3.05) is 11.1 Å². The SMILES string of the molecule is Cc1ccc(OCc2nnc(SCC(=O)Nc3ccccc3Cl)n2C)cc1. The highest BCUT2D eigenvalue weighted by atomic mass is 35.5. The Morgan fingerprint density at radius 1 is 1.19 bits per heavy atom. The van der Waals surface area contributed by atoms with Crippen LogP contribution in [-0.2, 0) is 18.4 Å². The lowest BCUT2D eigenvalue weighted by Gasteiger charge is -2.08. The van der Waals surface area contributed by atoms with Crippen LogP contribution in [0.5, 0.6) is 5.75 Å². The van der Waals surface area contributed by atoms with Gasteiger partial charge in [0.05, 0.1) is 16.5 Å². The molecule has 3 aromatic rings. The van der Waals surface area contributed by atoms with Gasteiger partial charge in [0.2, 0.25) is 5.91 Å². The Morgan fingerprint density at radius 2 is 1.93 bits per heavy atom. The number of thioether (sulfide) groups is 1. The number of hydrogen-bond donors (Lipinski definition) is 1. The molecule has 1 amide bonds. The van der Waals surface area contributed by atoms with Crippen molar-refractivity contribution in [3.05, 3.63) is 64.9 Å². The smallest absolute Gasteiger partial charge is 0.234 e. The van der Waals surface area contributed by atoms with Gasteiger partial charge in [-0.05, 0) is 31.2 Å². The first kappa shape index (κ1) is 19.3. The maximum atomic E-state index is 12.1. The van der Waals surface area contributed by atoms with Crippen molar-refractivity contribution in [3.63, 3.8) is 0 Å². The highest BCUT2D eigenvalue weighted by Gasteiger charge is 2.13. The van der Waals surface area contributed by atoms with Crippen LogP contribution < -0.4 is 10.1 Å². The first-order chi connectivity index (χ1) is 13.0. The number of nitrogens with one attached hydrogen (secondary N) is 1. The fraction of sp³-hybridized carbons (Fsp3) is 0.211. The maximum Gasteiger partial charge on any atom is 0.234 e. The third kappa shape index (κ3) is 5.24. The van der Waals surface area contributed by atoms with Gasteiger partial charge >= 0.3 is 0 Å². The molecule has 0 aliphatic carbocycles. The van der Waals surface area contributed by atoms with Crippen molar-refractivity contribution in [1.82, 2.24) is 14.8 Å². The maximum absolute atomic E-state index is 12.1. The number of benzene rings is 2. The van der Waals surface area contributed by atoms with Crippen LogP contribution >= 0.6 is 23.4 Å². The van der Waals surface area contributed by atoms with E-state index in [9.17, 15) is 4.79 Å². The van der Waals surface area contributed by atoms with Crippen molar-refractivity contribution in [2.45, 2.75) is 18.7 Å². The Balaban J connectivity index is 1.53. The number of para-hydroxylation sites is 1. The van der Waals surface area contributed by atoms with E-state index in [0.717, 1.165) is 5.75 Å². The van der Waals surface area contributed by atoms with Crippen LogP contribution in [0, 0.1) is 6.92 Å². The second-order valence-corrected chi connectivity index (χ2v) is 7.23. The number of carbonyl (C=O) groups is 1. The number of aromatic nitrogens is 3. The minimum absolute atomic E-state index is 0.159. The molecule has 6 nitrogen and oxygen atoms in total. The molecule has 0 radical (unpaired) electrons. The number of aryl methyl sites for hydroxylation is 1. The number of halogens is 1. The van der Waals surface area contributed by atoms with Gasteiger partial charge in [-0.25, -0.2) is 0 Å². The van der Waals surface area contributed by atoms with Crippen LogP contribution in [-0.4, -0.2) is 26.4 Å². The average Bonchev–Trinajstić information content (AvgIpc) is 3.01. The predicted octanol–water partition coefficient (Wildman–Crippen LogP) is 4.09. The van der Waals surface area contributed by atoms with E-state index < -0.39 is 0 Å². The fourth-order valence-corrected chi connectivity index (χ4v) is 3.17. The molecule has 27 heavy (non-hydrogen) atoms. The van der Waals surface area contributed by atoms with Gasteiger partial charge in [-0.2, -0.15) is 0 Å². The molecule has 0 spiro atoms. The summed E-state index contributed by atoms with van der Waals surface area (Å²) in [7, 11) is 1.85. The van der Waals surface area contributed by atoms with Gasteiger partial charge in [-0.3, -0.25) is 4.79 Å². The fourth-order valence-electron chi connectivity index (χ4n) is 2.26. The Bertz CT molecular complexity index is 928. The zero-order valence-corrected chi connectivity index (χ0v) is 16.5. The highest BCUT2D eigenvalue weighted by Crippen LogP contribution is 2.22. The Hall–Kier alpha value is -2.51. The molecule has 1 aromatic heterocycles. The van der Waals surface area contributed by atoms with E-state index >= 15 is 0 Å². The van der Waals surface area contributed by atoms with E-state index in [2.05, 4.69) is 15.5 Å². The number of ether oxygens (including phenoxy) is 1. The van der Waals surface area contributed by atoms with Gasteiger partial charge in [0.25, 0.3) is 0 Å². The van der Waals surface area contributed by atoms with Crippen molar-refractivity contribution < 1.29 is 9.53 Å². The molecule has 0 saturated carbocycles. The number of amides is 1. The third-order valence-corrected chi connectivity index (χ3v) is 5.14. The largest absolute Gasteiger partial charge is 0.486 e. The second-order valence-electron chi connectivity index (χ2n) is 5.88. The molecular weight excluding hydrogens is 384 g/mol. The van der Waals surface area contributed by atoms with Crippen molar-refractivity contribution in [1.29, 1.82) is 0 Å². The summed E-state index contributed by atoms with van der Waals surface area (Å²) in [6, 6.07) is 14.9. The van der Waals surface area contributed by atoms with E-state index in [1.54, 1.807) is 12.1 Å². The Labute approximate surface area is 166 Å². The number of anilines is 1. The molecule has 0 aliphatic rings. The number of rotatable bonds is 7. The van der Waals surface area contributed by atoms with Gasteiger partial charge in [0.1, 0.15) is 12.4 Å². The average molecular weight is 403 g/mol. The Morgan fingerprint density at radius 3 is 2.67 bits per heavy atom. The molecule has 3 rings (SSSR count). The van der Waals surface area contributed by atoms with Crippen LogP contribution in [0.15, 0.2) is 53.7 Å². The van der Waals surface area contributed by atoms with Crippen molar-refractivity contribution >= 4 is 35.0 Å². The highest BCUT2D eigenvalue weighted by molar-refractivity contribution is 7.99. The summed E-state index contributed by atoms with van der Waals surface area (Å²) in [5.74, 6) is 1.51. The normalized spacial score (nSPS) is 10.6. The van der Waals surface area contributed by atoms with E-state index in [0.29, 0.717) is 28.3 Å². The predicted molar refractivity (Wildman–Crippen MR) is 107 cm³/mol. The quantitative estimate of drug-likeness (QED) is 0.603. The summed E-state index contributed by atoms with van der Waals surface area (Å²) in [5.41, 5.74) is 1.77. The van der Waals surface area contributed by atoms with E-state index in [1.807, 2.05) is 54.9 Å². The van der Waals surface area contributed by atoms with Crippen LogP contribution in [0.25, 0.3) is 0 Å². The van der Waals surface area contributed by atoms with E-state index in [4.69, 9.17) is 16.3 Å². The standard InChI is InChI=1S/C19H19ClN4O2S/c1-13-7-9-14(10-8-13)26-11-17-22-23-19(24(17)2)27-12-18(25)21-16-6-4-3-5-15(16)20/h3-10H,11-12H2,1-2H3,(H,21,25). The van der Waals surface area contributed by atoms with Crippen molar-refractivity contribution in [3.8, 4) is 5.75 Å². The molecular formula is C19H19ClN4O2S. The molecule has 0 fully saturated rings. The number of nitrogens with zero attached hydrogens (tertiary/aromatic N) is 3. The summed E-state index contributed by atoms with van der Waals surface area (Å²) in [4.78, 5) is 12.1. The molecule has 0 atom stereocenters. The van der Waals surface area contributed by atoms with Crippen LogP contribution in [0.4, 0.5) is 5.69 Å². The van der Waals surface area contributed by atoms with Crippen LogP contribution in [0.3, 0.4) is 0 Å². The molecule has 0 aliphatic heterocycles. The number of hydrogen-bond acceptors (Lipinski definition) is 5. The molecule has 1 heterocycles. The lowest BCUT2D eigenvalue weighted by Crippen LogP contribution is -2.14. The second kappa shape index (κ2) is 8.92. The van der Waals surface area contributed by atoms with Gasteiger partial charge in [0, 0.05) is 7.05 Å². The molecule has 2 aromatic carbocycles. The number of carbonyl (C=O) groups excluding carboxylic acids is 1. The lowest BCUT2D eigenvalue weighted by molar-refractivity contribution is -0.113. The van der Waals surface area contributed by atoms with Crippen molar-refractivity contribution in [2.24, 2.45) is 7.05 Å². The molecule has 0 bridgehead atoms. The first-order valence-corrected chi connectivity index (χ1v) is 9.64. The minimum Gasteiger partial charge on any atom is -0.486 e. The molecule has 8 heteroatoms. The summed E-state index contributed by atoms with van der Waals surface area (Å²) in [6.45, 7) is 2.33. The summed E-state index contributed by atoms with van der Waals surface area (Å²) in [6.07, 6.45) is 0. The van der Waals surface area contributed by atoms with Gasteiger partial charge < -0.3 is 14.6 Å². The summed E-state index contributed by atoms with van der Waals surface area (Å²) < 4.78 is 7.55. The molecule has 140 valence electrons. The zero-order valence-electron chi connectivity index (χ0n) is 15.0. The molecule has 1 N–H and O–H groups in total. The van der Waals surface area contributed by atoms with Crippen LogP contribution in [0.1, 0.15) is 11.4 Å². The van der Waals surface area contributed by atoms with Crippen LogP contribution in [0.2, 0.25) is 5.02 Å². The van der Waals surface area contributed by atoms with Gasteiger partial charge in [-0.15, -0.1) is 10.2 Å². The van der Waals surface area contributed by atoms with E-state index in [-0.39, 0.29) is 11.7 Å². The Kier molecular flexibility index (Phi) is 6.36. The summed E-state index contributed by atoms with van der Waals surface area (Å²) >= 11 is 7.35. The molecule has 0 unspecified atom stereocenters. The van der Waals surface area contributed by atoms with Gasteiger partial charge in [-0.1, -0.05) is 53.2 Å². The monoisotopic (exact) mass is 402 g/mol. The topological polar surface area (TPSA) is 69.0 Å². The lowest BCUT2D eigenvalue weighted by atomic mass is 10.2. The molecule has 0 saturated heterocycles. The minimum atomic E-state index is -0.159.